The highest BCUT2D eigenvalue weighted by Crippen LogP contribution is 2.31. The van der Waals surface area contributed by atoms with E-state index in [-0.39, 0.29) is 18.6 Å². The molecule has 0 aliphatic carbocycles. The van der Waals surface area contributed by atoms with Gasteiger partial charge in [0, 0.05) is 6.42 Å². The molecule has 0 saturated heterocycles. The summed E-state index contributed by atoms with van der Waals surface area (Å²) < 4.78 is 4.84. The van der Waals surface area contributed by atoms with Crippen LogP contribution in [0, 0.1) is 0 Å². The van der Waals surface area contributed by atoms with Crippen LogP contribution in [0.3, 0.4) is 0 Å². The molecule has 0 radical (unpaired) electrons. The molecule has 6 nitrogen and oxygen atoms in total. The fourth-order valence-corrected chi connectivity index (χ4v) is 1.95. The first-order valence-corrected chi connectivity index (χ1v) is 6.13. The Morgan fingerprint density at radius 1 is 1.15 bits per heavy atom. The fourth-order valence-electron chi connectivity index (χ4n) is 1.95. The van der Waals surface area contributed by atoms with E-state index in [4.69, 9.17) is 9.84 Å². The average Bonchev–Trinajstić information content (AvgIpc) is 2.40. The molecule has 1 unspecified atom stereocenters. The third kappa shape index (κ3) is 3.14. The van der Waals surface area contributed by atoms with E-state index in [9.17, 15) is 19.5 Å². The Balaban J connectivity index is 3.30. The Kier molecular flexibility index (Phi) is 5.25. The largest absolute Gasteiger partial charge is 0.481 e. The van der Waals surface area contributed by atoms with Crippen molar-refractivity contribution in [2.24, 2.45) is 0 Å². The Hall–Kier alpha value is -2.37. The fraction of sp³-hybridized carbons (Fsp3) is 0.357. The SMILES string of the molecule is CCOC(=O)C(CCC(=O)O)(C(=O)O)c1ccccc1. The number of esters is 1. The Morgan fingerprint density at radius 3 is 2.20 bits per heavy atom. The van der Waals surface area contributed by atoms with Crippen molar-refractivity contribution in [1.82, 2.24) is 0 Å². The van der Waals surface area contributed by atoms with Crippen molar-refractivity contribution in [1.29, 1.82) is 0 Å². The van der Waals surface area contributed by atoms with Crippen LogP contribution in [0.5, 0.6) is 0 Å². The third-order valence-electron chi connectivity index (χ3n) is 2.97. The summed E-state index contributed by atoms with van der Waals surface area (Å²) >= 11 is 0. The summed E-state index contributed by atoms with van der Waals surface area (Å²) in [7, 11) is 0. The lowest BCUT2D eigenvalue weighted by Crippen LogP contribution is -2.45. The molecule has 1 aromatic carbocycles. The summed E-state index contributed by atoms with van der Waals surface area (Å²) in [6.45, 7) is 1.58. The predicted molar refractivity (Wildman–Crippen MR) is 69.3 cm³/mol. The second kappa shape index (κ2) is 6.70. The summed E-state index contributed by atoms with van der Waals surface area (Å²) in [6, 6.07) is 7.82. The summed E-state index contributed by atoms with van der Waals surface area (Å²) in [5.74, 6) is -3.53. The molecule has 0 aliphatic rings. The summed E-state index contributed by atoms with van der Waals surface area (Å²) in [5, 5.41) is 18.3. The molecule has 0 bridgehead atoms. The van der Waals surface area contributed by atoms with Crippen LogP contribution >= 0.6 is 0 Å². The second-order valence-electron chi connectivity index (χ2n) is 4.19. The van der Waals surface area contributed by atoms with E-state index in [1.807, 2.05) is 0 Å². The molecular weight excluding hydrogens is 264 g/mol. The molecule has 1 aromatic rings. The van der Waals surface area contributed by atoms with Gasteiger partial charge in [-0.3, -0.25) is 14.4 Å². The van der Waals surface area contributed by atoms with Gasteiger partial charge in [0.1, 0.15) is 0 Å². The van der Waals surface area contributed by atoms with E-state index < -0.39 is 29.7 Å². The first-order valence-electron chi connectivity index (χ1n) is 6.13. The molecule has 2 N–H and O–H groups in total. The van der Waals surface area contributed by atoms with Gasteiger partial charge in [-0.15, -0.1) is 0 Å². The normalized spacial score (nSPS) is 13.2. The van der Waals surface area contributed by atoms with Crippen LogP contribution in [0.25, 0.3) is 0 Å². The predicted octanol–water partition coefficient (Wildman–Crippen LogP) is 1.44. The summed E-state index contributed by atoms with van der Waals surface area (Å²) in [4.78, 5) is 34.5. The minimum absolute atomic E-state index is 0.0216. The number of carbonyl (C=O) groups is 3. The molecule has 0 aromatic heterocycles. The van der Waals surface area contributed by atoms with E-state index >= 15 is 0 Å². The number of carbonyl (C=O) groups excluding carboxylic acids is 1. The van der Waals surface area contributed by atoms with Crippen molar-refractivity contribution in [3.63, 3.8) is 0 Å². The van der Waals surface area contributed by atoms with Crippen LogP contribution in [0.1, 0.15) is 25.3 Å². The monoisotopic (exact) mass is 280 g/mol. The zero-order valence-electron chi connectivity index (χ0n) is 11.0. The lowest BCUT2D eigenvalue weighted by molar-refractivity contribution is -0.162. The van der Waals surface area contributed by atoms with Crippen molar-refractivity contribution >= 4 is 17.9 Å². The number of ether oxygens (including phenoxy) is 1. The van der Waals surface area contributed by atoms with E-state index in [0.717, 1.165) is 0 Å². The quantitative estimate of drug-likeness (QED) is 0.579. The van der Waals surface area contributed by atoms with Crippen LogP contribution in [-0.4, -0.2) is 34.7 Å². The molecule has 1 rings (SSSR count). The maximum absolute atomic E-state index is 12.1. The second-order valence-corrected chi connectivity index (χ2v) is 4.19. The molecule has 0 aliphatic heterocycles. The van der Waals surface area contributed by atoms with Gasteiger partial charge in [0.15, 0.2) is 5.41 Å². The van der Waals surface area contributed by atoms with Crippen LogP contribution in [0.4, 0.5) is 0 Å². The maximum atomic E-state index is 12.1. The molecule has 0 spiro atoms. The molecule has 0 amide bonds. The van der Waals surface area contributed by atoms with Gasteiger partial charge in [0.25, 0.3) is 0 Å². The molecule has 1 atom stereocenters. The minimum Gasteiger partial charge on any atom is -0.481 e. The van der Waals surface area contributed by atoms with Gasteiger partial charge in [-0.05, 0) is 18.9 Å². The van der Waals surface area contributed by atoms with Crippen molar-refractivity contribution in [3.05, 3.63) is 35.9 Å². The smallest absolute Gasteiger partial charge is 0.328 e. The number of aliphatic carboxylic acids is 2. The van der Waals surface area contributed by atoms with E-state index in [1.165, 1.54) is 12.1 Å². The highest BCUT2D eigenvalue weighted by atomic mass is 16.5. The topological polar surface area (TPSA) is 101 Å². The Bertz CT molecular complexity index is 496. The molecule has 20 heavy (non-hydrogen) atoms. The third-order valence-corrected chi connectivity index (χ3v) is 2.97. The summed E-state index contributed by atoms with van der Waals surface area (Å²) in [6.07, 6.45) is -0.805. The highest BCUT2D eigenvalue weighted by molar-refractivity contribution is 6.05. The number of hydrogen-bond acceptors (Lipinski definition) is 4. The van der Waals surface area contributed by atoms with Gasteiger partial charge in [-0.25, -0.2) is 0 Å². The van der Waals surface area contributed by atoms with E-state index in [2.05, 4.69) is 0 Å². The Morgan fingerprint density at radius 2 is 1.75 bits per heavy atom. The Labute approximate surface area is 116 Å². The first-order chi connectivity index (χ1) is 9.45. The van der Waals surface area contributed by atoms with Gasteiger partial charge in [0.05, 0.1) is 6.61 Å². The van der Waals surface area contributed by atoms with Gasteiger partial charge in [-0.1, -0.05) is 30.3 Å². The molecule has 6 heteroatoms. The van der Waals surface area contributed by atoms with Crippen molar-refractivity contribution < 1.29 is 29.3 Å². The van der Waals surface area contributed by atoms with Crippen molar-refractivity contribution in [2.45, 2.75) is 25.2 Å². The maximum Gasteiger partial charge on any atom is 0.328 e. The number of carboxylic acids is 2. The van der Waals surface area contributed by atoms with Gasteiger partial charge >= 0.3 is 17.9 Å². The van der Waals surface area contributed by atoms with E-state index in [1.54, 1.807) is 25.1 Å². The van der Waals surface area contributed by atoms with Gasteiger partial charge < -0.3 is 14.9 Å². The number of benzene rings is 1. The highest BCUT2D eigenvalue weighted by Gasteiger charge is 2.49. The van der Waals surface area contributed by atoms with Gasteiger partial charge in [-0.2, -0.15) is 0 Å². The molecular formula is C14H16O6. The average molecular weight is 280 g/mol. The standard InChI is InChI=1S/C14H16O6/c1-2-20-13(19)14(12(17)18,9-8-11(15)16)10-6-4-3-5-7-10/h3-7H,2,8-9H2,1H3,(H,15,16)(H,17,18). The van der Waals surface area contributed by atoms with E-state index in [0.29, 0.717) is 0 Å². The van der Waals surface area contributed by atoms with Crippen LogP contribution < -0.4 is 0 Å². The zero-order chi connectivity index (χ0) is 15.2. The number of rotatable bonds is 7. The molecule has 0 fully saturated rings. The number of hydrogen-bond donors (Lipinski definition) is 2. The first kappa shape index (κ1) is 15.7. The zero-order valence-corrected chi connectivity index (χ0v) is 11.0. The molecule has 0 heterocycles. The summed E-state index contributed by atoms with van der Waals surface area (Å²) in [5.41, 5.74) is -1.78. The van der Waals surface area contributed by atoms with Crippen LogP contribution in [0.15, 0.2) is 30.3 Å². The lowest BCUT2D eigenvalue weighted by atomic mass is 9.76. The minimum atomic E-state index is -1.99. The molecule has 0 saturated carbocycles. The molecule has 108 valence electrons. The lowest BCUT2D eigenvalue weighted by Gasteiger charge is -2.27. The van der Waals surface area contributed by atoms with Crippen molar-refractivity contribution in [2.75, 3.05) is 6.61 Å². The van der Waals surface area contributed by atoms with Gasteiger partial charge in [0.2, 0.25) is 0 Å². The van der Waals surface area contributed by atoms with Crippen LogP contribution in [-0.2, 0) is 24.5 Å². The number of carboxylic acid groups (broad SMARTS) is 2. The van der Waals surface area contributed by atoms with Crippen molar-refractivity contribution in [3.8, 4) is 0 Å². The van der Waals surface area contributed by atoms with Crippen LogP contribution in [0.2, 0.25) is 0 Å².